The van der Waals surface area contributed by atoms with Crippen molar-refractivity contribution in [3.63, 3.8) is 0 Å². The summed E-state index contributed by atoms with van der Waals surface area (Å²) in [6, 6.07) is 7.51. The third-order valence-electron chi connectivity index (χ3n) is 2.61. The molecule has 2 rings (SSSR count). The first-order chi connectivity index (χ1) is 8.38. The van der Waals surface area contributed by atoms with Gasteiger partial charge in [0, 0.05) is 6.42 Å². The van der Waals surface area contributed by atoms with Gasteiger partial charge in [0.2, 0.25) is 3.79 Å². The first-order valence-electron chi connectivity index (χ1n) is 5.35. The van der Waals surface area contributed by atoms with Crippen LogP contribution in [0.15, 0.2) is 24.3 Å². The number of benzene rings is 1. The van der Waals surface area contributed by atoms with E-state index in [2.05, 4.69) is 9.97 Å². The van der Waals surface area contributed by atoms with E-state index in [1.807, 2.05) is 31.2 Å². The Bertz CT molecular complexity index is 569. The summed E-state index contributed by atoms with van der Waals surface area (Å²) in [5.41, 5.74) is 2.92. The van der Waals surface area contributed by atoms with Crippen molar-refractivity contribution in [3.05, 3.63) is 35.7 Å². The van der Waals surface area contributed by atoms with E-state index in [-0.39, 0.29) is 6.42 Å². The maximum atomic E-state index is 9.77. The van der Waals surface area contributed by atoms with Gasteiger partial charge in [0.15, 0.2) is 0 Å². The molecule has 0 fully saturated rings. The van der Waals surface area contributed by atoms with E-state index in [0.717, 1.165) is 16.7 Å². The quantitative estimate of drug-likeness (QED) is 0.867. The van der Waals surface area contributed by atoms with E-state index in [9.17, 15) is 5.11 Å². The summed E-state index contributed by atoms with van der Waals surface area (Å²) >= 11 is 16.9. The second kappa shape index (κ2) is 5.17. The van der Waals surface area contributed by atoms with Gasteiger partial charge in [-0.25, -0.2) is 9.97 Å². The highest BCUT2D eigenvalue weighted by Crippen LogP contribution is 2.32. The summed E-state index contributed by atoms with van der Waals surface area (Å²) in [4.78, 5) is 8.84. The lowest BCUT2D eigenvalue weighted by Gasteiger charge is -2.19. The maximum Gasteiger partial charge on any atom is 0.216 e. The van der Waals surface area contributed by atoms with Gasteiger partial charge in [-0.1, -0.05) is 46.9 Å². The smallest absolute Gasteiger partial charge is 0.216 e. The number of fused-ring (bicyclic) bond motifs is 1. The molecule has 96 valence electrons. The Balaban J connectivity index is 2.36. The molecule has 0 radical (unpaired) electrons. The Morgan fingerprint density at radius 1 is 1.17 bits per heavy atom. The first-order valence-corrected chi connectivity index (χ1v) is 6.48. The maximum absolute atomic E-state index is 9.77. The normalized spacial score (nSPS) is 13.8. The molecule has 6 heteroatoms. The fourth-order valence-corrected chi connectivity index (χ4v) is 1.85. The molecular weight excluding hydrogens is 295 g/mol. The highest BCUT2D eigenvalue weighted by Gasteiger charge is 2.31. The summed E-state index contributed by atoms with van der Waals surface area (Å²) < 4.78 is -1.72. The number of rotatable bonds is 2. The summed E-state index contributed by atoms with van der Waals surface area (Å²) in [5.74, 6) is 0. The third-order valence-corrected chi connectivity index (χ3v) is 3.36. The van der Waals surface area contributed by atoms with E-state index in [4.69, 9.17) is 34.8 Å². The molecule has 1 N–H and O–H groups in total. The molecule has 0 amide bonds. The van der Waals surface area contributed by atoms with Crippen LogP contribution in [0.2, 0.25) is 0 Å². The van der Waals surface area contributed by atoms with E-state index >= 15 is 0 Å². The van der Waals surface area contributed by atoms with E-state index in [1.165, 1.54) is 0 Å². The molecule has 0 aliphatic rings. The topological polar surface area (TPSA) is 46.0 Å². The molecule has 1 aromatic carbocycles. The summed E-state index contributed by atoms with van der Waals surface area (Å²) in [5, 5.41) is 9.77. The van der Waals surface area contributed by atoms with Gasteiger partial charge in [0.25, 0.3) is 0 Å². The Kier molecular flexibility index (Phi) is 3.97. The highest BCUT2D eigenvalue weighted by molar-refractivity contribution is 6.68. The molecule has 3 nitrogen and oxygen atoms in total. The molecule has 0 saturated heterocycles. The number of nitrogens with zero attached hydrogens (tertiary/aromatic N) is 2. The number of aliphatic hydroxyl groups excluding tert-OH is 1. The molecule has 0 spiro atoms. The van der Waals surface area contributed by atoms with Crippen LogP contribution in [-0.2, 0) is 6.42 Å². The predicted molar refractivity (Wildman–Crippen MR) is 74.3 cm³/mol. The van der Waals surface area contributed by atoms with Crippen molar-refractivity contribution in [2.24, 2.45) is 0 Å². The van der Waals surface area contributed by atoms with Crippen molar-refractivity contribution in [1.82, 2.24) is 9.97 Å². The standard InChI is InChI=1S/C12H11Cl3N2O/c1-7-10(6-11(18)12(13,14)15)17-9-5-3-2-4-8(9)16-7/h2-5,11,18H,6H2,1H3. The molecule has 1 aromatic heterocycles. The van der Waals surface area contributed by atoms with Gasteiger partial charge in [-0.15, -0.1) is 0 Å². The van der Waals surface area contributed by atoms with E-state index in [0.29, 0.717) is 5.69 Å². The van der Waals surface area contributed by atoms with Crippen LogP contribution < -0.4 is 0 Å². The first kappa shape index (κ1) is 13.8. The summed E-state index contributed by atoms with van der Waals surface area (Å²) in [6.07, 6.45) is -0.961. The number of para-hydroxylation sites is 2. The monoisotopic (exact) mass is 304 g/mol. The van der Waals surface area contributed by atoms with Crippen molar-refractivity contribution in [3.8, 4) is 0 Å². The molecule has 1 unspecified atom stereocenters. The molecule has 2 aromatic rings. The van der Waals surface area contributed by atoms with Crippen molar-refractivity contribution in [2.75, 3.05) is 0 Å². The van der Waals surface area contributed by atoms with Crippen molar-refractivity contribution < 1.29 is 5.11 Å². The second-order valence-electron chi connectivity index (χ2n) is 4.01. The zero-order chi connectivity index (χ0) is 13.3. The second-order valence-corrected chi connectivity index (χ2v) is 6.37. The van der Waals surface area contributed by atoms with Crippen LogP contribution in [0.3, 0.4) is 0 Å². The largest absolute Gasteiger partial charge is 0.388 e. The number of halogens is 3. The Morgan fingerprint density at radius 3 is 2.28 bits per heavy atom. The summed E-state index contributed by atoms with van der Waals surface area (Å²) in [7, 11) is 0. The van der Waals surface area contributed by atoms with Crippen LogP contribution in [0.5, 0.6) is 0 Å². The lowest BCUT2D eigenvalue weighted by atomic mass is 10.1. The SMILES string of the molecule is Cc1nc2ccccc2nc1CC(O)C(Cl)(Cl)Cl. The van der Waals surface area contributed by atoms with Crippen molar-refractivity contribution in [1.29, 1.82) is 0 Å². The summed E-state index contributed by atoms with van der Waals surface area (Å²) in [6.45, 7) is 1.82. The zero-order valence-electron chi connectivity index (χ0n) is 9.57. The van der Waals surface area contributed by atoms with Crippen LogP contribution in [0, 0.1) is 6.92 Å². The third kappa shape index (κ3) is 3.04. The molecular formula is C12H11Cl3N2O. The van der Waals surface area contributed by atoms with Crippen LogP contribution in [0.25, 0.3) is 11.0 Å². The van der Waals surface area contributed by atoms with Gasteiger partial charge in [-0.3, -0.25) is 0 Å². The lowest BCUT2D eigenvalue weighted by Crippen LogP contribution is -2.28. The molecule has 18 heavy (non-hydrogen) atoms. The van der Waals surface area contributed by atoms with Gasteiger partial charge in [0.05, 0.1) is 22.4 Å². The average molecular weight is 306 g/mol. The van der Waals surface area contributed by atoms with Gasteiger partial charge in [-0.05, 0) is 19.1 Å². The highest BCUT2D eigenvalue weighted by atomic mass is 35.6. The van der Waals surface area contributed by atoms with Crippen LogP contribution in [0.4, 0.5) is 0 Å². The molecule has 1 heterocycles. The Labute approximate surface area is 120 Å². The number of aryl methyl sites for hydroxylation is 1. The van der Waals surface area contributed by atoms with E-state index in [1.54, 1.807) is 0 Å². The molecule has 1 atom stereocenters. The number of aromatic nitrogens is 2. The lowest BCUT2D eigenvalue weighted by molar-refractivity contribution is 0.178. The van der Waals surface area contributed by atoms with Crippen LogP contribution in [-0.4, -0.2) is 25.0 Å². The van der Waals surface area contributed by atoms with Crippen molar-refractivity contribution in [2.45, 2.75) is 23.2 Å². The molecule has 0 saturated carbocycles. The minimum Gasteiger partial charge on any atom is -0.388 e. The van der Waals surface area contributed by atoms with Crippen molar-refractivity contribution >= 4 is 45.8 Å². The fraction of sp³-hybridized carbons (Fsp3) is 0.333. The van der Waals surface area contributed by atoms with Gasteiger partial charge in [-0.2, -0.15) is 0 Å². The minimum atomic E-state index is -1.72. The Morgan fingerprint density at radius 2 is 1.72 bits per heavy atom. The molecule has 0 aliphatic carbocycles. The van der Waals surface area contributed by atoms with Gasteiger partial charge in [0.1, 0.15) is 6.10 Å². The average Bonchev–Trinajstić information content (AvgIpc) is 2.28. The number of aliphatic hydroxyl groups is 1. The van der Waals surface area contributed by atoms with Gasteiger partial charge >= 0.3 is 0 Å². The van der Waals surface area contributed by atoms with Crippen LogP contribution >= 0.6 is 34.8 Å². The number of hydrogen-bond acceptors (Lipinski definition) is 3. The van der Waals surface area contributed by atoms with Crippen LogP contribution in [0.1, 0.15) is 11.4 Å². The number of hydrogen-bond donors (Lipinski definition) is 1. The number of alkyl halides is 3. The van der Waals surface area contributed by atoms with E-state index < -0.39 is 9.90 Å². The minimum absolute atomic E-state index is 0.153. The Hall–Kier alpha value is -0.610. The molecule has 0 bridgehead atoms. The van der Waals surface area contributed by atoms with Gasteiger partial charge < -0.3 is 5.11 Å². The predicted octanol–water partition coefficient (Wildman–Crippen LogP) is 3.21. The zero-order valence-corrected chi connectivity index (χ0v) is 11.8. The fourth-order valence-electron chi connectivity index (χ4n) is 1.62. The molecule has 0 aliphatic heterocycles.